The fourth-order valence-electron chi connectivity index (χ4n) is 2.23. The second kappa shape index (κ2) is 10.7. The van der Waals surface area contributed by atoms with Crippen LogP contribution in [0.2, 0.25) is 0 Å². The van der Waals surface area contributed by atoms with Crippen molar-refractivity contribution in [2.75, 3.05) is 44.3 Å². The Morgan fingerprint density at radius 2 is 2.00 bits per heavy atom. The molecule has 1 aromatic rings. The van der Waals surface area contributed by atoms with Gasteiger partial charge >= 0.3 is 0 Å². The summed E-state index contributed by atoms with van der Waals surface area (Å²) >= 11 is 0. The highest BCUT2D eigenvalue weighted by Crippen LogP contribution is 2.14. The average molecular weight is 278 g/mol. The van der Waals surface area contributed by atoms with E-state index in [1.807, 2.05) is 6.92 Å². The third kappa shape index (κ3) is 6.92. The summed E-state index contributed by atoms with van der Waals surface area (Å²) in [7, 11) is 0. The molecule has 0 aliphatic heterocycles. The van der Waals surface area contributed by atoms with Crippen molar-refractivity contribution >= 4 is 5.69 Å². The van der Waals surface area contributed by atoms with Gasteiger partial charge < -0.3 is 15.0 Å². The van der Waals surface area contributed by atoms with Crippen molar-refractivity contribution < 1.29 is 4.74 Å². The highest BCUT2D eigenvalue weighted by Gasteiger charge is 2.03. The monoisotopic (exact) mass is 278 g/mol. The van der Waals surface area contributed by atoms with E-state index in [0.717, 1.165) is 45.8 Å². The zero-order valence-corrected chi connectivity index (χ0v) is 13.3. The Morgan fingerprint density at radius 1 is 1.15 bits per heavy atom. The maximum Gasteiger partial charge on any atom is 0.0466 e. The number of nitrogens with one attached hydrogen (secondary N) is 1. The van der Waals surface area contributed by atoms with Crippen LogP contribution in [0.4, 0.5) is 5.69 Å². The minimum Gasteiger partial charge on any atom is -0.382 e. The molecule has 0 spiro atoms. The first-order chi connectivity index (χ1) is 9.77. The Balaban J connectivity index is 2.16. The molecule has 1 rings (SSSR count). The lowest BCUT2D eigenvalue weighted by molar-refractivity contribution is 0.143. The van der Waals surface area contributed by atoms with E-state index in [1.165, 1.54) is 17.7 Å². The number of unbranched alkanes of at least 4 members (excludes halogenated alkanes) is 1. The van der Waals surface area contributed by atoms with Gasteiger partial charge in [-0.25, -0.2) is 0 Å². The molecule has 1 aromatic carbocycles. The predicted molar refractivity (Wildman–Crippen MR) is 87.7 cm³/mol. The molecule has 0 aliphatic carbocycles. The van der Waals surface area contributed by atoms with Crippen LogP contribution in [0, 0.1) is 6.92 Å². The lowest BCUT2D eigenvalue weighted by Crippen LogP contribution is -2.32. The Hall–Kier alpha value is -1.06. The Morgan fingerprint density at radius 3 is 2.70 bits per heavy atom. The van der Waals surface area contributed by atoms with Gasteiger partial charge in [0.25, 0.3) is 0 Å². The third-order valence-corrected chi connectivity index (χ3v) is 3.40. The molecule has 0 aromatic heterocycles. The smallest absolute Gasteiger partial charge is 0.0466 e. The van der Waals surface area contributed by atoms with Crippen LogP contribution in [0.1, 0.15) is 32.3 Å². The second-order valence-electron chi connectivity index (χ2n) is 5.07. The highest BCUT2D eigenvalue weighted by atomic mass is 16.5. The summed E-state index contributed by atoms with van der Waals surface area (Å²) in [5.74, 6) is 0. The molecule has 0 fully saturated rings. The summed E-state index contributed by atoms with van der Waals surface area (Å²) < 4.78 is 5.33. The van der Waals surface area contributed by atoms with Crippen molar-refractivity contribution in [3.63, 3.8) is 0 Å². The Bertz CT molecular complexity index is 355. The molecule has 1 N–H and O–H groups in total. The van der Waals surface area contributed by atoms with E-state index in [1.54, 1.807) is 0 Å². The molecule has 20 heavy (non-hydrogen) atoms. The van der Waals surface area contributed by atoms with Crippen LogP contribution < -0.4 is 10.2 Å². The number of hydrogen-bond donors (Lipinski definition) is 1. The molecule has 0 unspecified atom stereocenters. The molecular weight excluding hydrogens is 248 g/mol. The van der Waals surface area contributed by atoms with Gasteiger partial charge in [0.1, 0.15) is 0 Å². The molecule has 0 radical (unpaired) electrons. The van der Waals surface area contributed by atoms with Crippen molar-refractivity contribution in [1.82, 2.24) is 5.32 Å². The third-order valence-electron chi connectivity index (χ3n) is 3.40. The lowest BCUT2D eigenvalue weighted by Gasteiger charge is -2.23. The highest BCUT2D eigenvalue weighted by molar-refractivity contribution is 5.48. The predicted octanol–water partition coefficient (Wildman–Crippen LogP) is 3.23. The van der Waals surface area contributed by atoms with Gasteiger partial charge in [-0.05, 0) is 57.9 Å². The molecule has 0 saturated heterocycles. The van der Waals surface area contributed by atoms with Crippen molar-refractivity contribution in [1.29, 1.82) is 0 Å². The van der Waals surface area contributed by atoms with Crippen molar-refractivity contribution in [3.05, 3.63) is 29.8 Å². The van der Waals surface area contributed by atoms with Crippen LogP contribution in [-0.2, 0) is 4.74 Å². The van der Waals surface area contributed by atoms with E-state index in [2.05, 4.69) is 48.3 Å². The van der Waals surface area contributed by atoms with Gasteiger partial charge in [0.05, 0.1) is 0 Å². The van der Waals surface area contributed by atoms with E-state index >= 15 is 0 Å². The first-order valence-corrected chi connectivity index (χ1v) is 7.88. The van der Waals surface area contributed by atoms with E-state index in [9.17, 15) is 0 Å². The molecule has 0 aliphatic rings. The number of aryl methyl sites for hydroxylation is 1. The summed E-state index contributed by atoms with van der Waals surface area (Å²) in [5.41, 5.74) is 2.65. The van der Waals surface area contributed by atoms with Crippen molar-refractivity contribution in [3.8, 4) is 0 Å². The van der Waals surface area contributed by atoms with Gasteiger partial charge in [-0.2, -0.15) is 0 Å². The van der Waals surface area contributed by atoms with E-state index in [4.69, 9.17) is 4.74 Å². The molecule has 0 atom stereocenters. The molecule has 0 heterocycles. The summed E-state index contributed by atoms with van der Waals surface area (Å²) in [6.45, 7) is 12.4. The topological polar surface area (TPSA) is 24.5 Å². The largest absolute Gasteiger partial charge is 0.382 e. The quantitative estimate of drug-likeness (QED) is 0.629. The first kappa shape index (κ1) is 17.0. The normalized spacial score (nSPS) is 10.8. The Kier molecular flexibility index (Phi) is 9.09. The van der Waals surface area contributed by atoms with E-state index in [0.29, 0.717) is 0 Å². The summed E-state index contributed by atoms with van der Waals surface area (Å²) in [4.78, 5) is 2.42. The molecule has 3 nitrogen and oxygen atoms in total. The zero-order chi connectivity index (χ0) is 14.6. The number of ether oxygens (including phenoxy) is 1. The fraction of sp³-hybridized carbons (Fsp3) is 0.647. The van der Waals surface area contributed by atoms with Gasteiger partial charge in [0.2, 0.25) is 0 Å². The molecule has 0 saturated carbocycles. The van der Waals surface area contributed by atoms with Gasteiger partial charge in [-0.15, -0.1) is 0 Å². The standard InChI is InChI=1S/C17H30N2O/c1-4-19(17-10-8-9-16(3)15-17)13-12-18-11-6-7-14-20-5-2/h8-10,15,18H,4-7,11-14H2,1-3H3. The van der Waals surface area contributed by atoms with Crippen molar-refractivity contribution in [2.45, 2.75) is 33.6 Å². The van der Waals surface area contributed by atoms with Crippen LogP contribution in [-0.4, -0.2) is 39.4 Å². The SMILES string of the molecule is CCOCCCCNCCN(CC)c1cccc(C)c1. The fourth-order valence-corrected chi connectivity index (χ4v) is 2.23. The zero-order valence-electron chi connectivity index (χ0n) is 13.3. The van der Waals surface area contributed by atoms with Crippen LogP contribution >= 0.6 is 0 Å². The second-order valence-corrected chi connectivity index (χ2v) is 5.07. The van der Waals surface area contributed by atoms with Gasteiger partial charge in [-0.1, -0.05) is 12.1 Å². The number of rotatable bonds is 11. The van der Waals surface area contributed by atoms with Crippen LogP contribution in [0.25, 0.3) is 0 Å². The van der Waals surface area contributed by atoms with E-state index < -0.39 is 0 Å². The molecular formula is C17H30N2O. The van der Waals surface area contributed by atoms with Gasteiger partial charge in [-0.3, -0.25) is 0 Å². The molecule has 114 valence electrons. The first-order valence-electron chi connectivity index (χ1n) is 7.88. The van der Waals surface area contributed by atoms with Crippen LogP contribution in [0.5, 0.6) is 0 Å². The maximum atomic E-state index is 5.33. The number of nitrogens with zero attached hydrogens (tertiary/aromatic N) is 1. The summed E-state index contributed by atoms with van der Waals surface area (Å²) in [6, 6.07) is 8.73. The minimum absolute atomic E-state index is 0.829. The molecule has 0 bridgehead atoms. The van der Waals surface area contributed by atoms with Crippen molar-refractivity contribution in [2.24, 2.45) is 0 Å². The number of hydrogen-bond acceptors (Lipinski definition) is 3. The number of likely N-dealkylation sites (N-methyl/N-ethyl adjacent to an activating group) is 1. The number of anilines is 1. The van der Waals surface area contributed by atoms with Gasteiger partial charge in [0.15, 0.2) is 0 Å². The lowest BCUT2D eigenvalue weighted by atomic mass is 10.2. The summed E-state index contributed by atoms with van der Waals surface area (Å²) in [5, 5.41) is 3.51. The Labute approximate surface area is 124 Å². The summed E-state index contributed by atoms with van der Waals surface area (Å²) in [6.07, 6.45) is 2.34. The molecule has 3 heteroatoms. The number of benzene rings is 1. The van der Waals surface area contributed by atoms with Crippen LogP contribution in [0.3, 0.4) is 0 Å². The average Bonchev–Trinajstić information content (AvgIpc) is 2.46. The maximum absolute atomic E-state index is 5.33. The van der Waals surface area contributed by atoms with E-state index in [-0.39, 0.29) is 0 Å². The van der Waals surface area contributed by atoms with Gasteiger partial charge in [0, 0.05) is 38.5 Å². The van der Waals surface area contributed by atoms with Crippen LogP contribution in [0.15, 0.2) is 24.3 Å². The minimum atomic E-state index is 0.829. The molecule has 0 amide bonds.